The molecule has 3 aromatic rings. The van der Waals surface area contributed by atoms with Crippen LogP contribution in [0.25, 0.3) is 0 Å². The molecule has 0 aliphatic heterocycles. The Bertz CT molecular complexity index is 1070. The van der Waals surface area contributed by atoms with E-state index in [0.717, 1.165) is 5.56 Å². The Morgan fingerprint density at radius 1 is 0.935 bits per heavy atom. The fourth-order valence-electron chi connectivity index (χ4n) is 2.86. The summed E-state index contributed by atoms with van der Waals surface area (Å²) in [6, 6.07) is 18.7. The van der Waals surface area contributed by atoms with E-state index in [1.165, 1.54) is 7.11 Å². The van der Waals surface area contributed by atoms with Crippen LogP contribution in [0.2, 0.25) is 5.02 Å². The molecule has 160 valence electrons. The molecule has 31 heavy (non-hydrogen) atoms. The lowest BCUT2D eigenvalue weighted by Gasteiger charge is -2.14. The van der Waals surface area contributed by atoms with Gasteiger partial charge in [-0.25, -0.2) is 4.79 Å². The summed E-state index contributed by atoms with van der Waals surface area (Å²) in [4.78, 5) is 24.3. The summed E-state index contributed by atoms with van der Waals surface area (Å²) in [6.07, 6.45) is 0. The van der Waals surface area contributed by atoms with Crippen LogP contribution in [0.3, 0.4) is 0 Å². The summed E-state index contributed by atoms with van der Waals surface area (Å²) in [5.41, 5.74) is 2.14. The van der Waals surface area contributed by atoms with Crippen LogP contribution < -0.4 is 14.8 Å². The number of carbonyl (C=O) groups is 2. The van der Waals surface area contributed by atoms with Gasteiger partial charge < -0.3 is 19.5 Å². The SMILES string of the molecule is CCOc1ccc(C(=O)Nc2ccc(C(=O)OC)cc2)cc1COc1cccc(Cl)c1. The third-order valence-corrected chi connectivity index (χ3v) is 4.61. The zero-order chi connectivity index (χ0) is 22.2. The van der Waals surface area contributed by atoms with Crippen LogP contribution in [0.5, 0.6) is 11.5 Å². The van der Waals surface area contributed by atoms with Crippen molar-refractivity contribution >= 4 is 29.2 Å². The average Bonchev–Trinajstić information content (AvgIpc) is 2.78. The minimum Gasteiger partial charge on any atom is -0.493 e. The highest BCUT2D eigenvalue weighted by atomic mass is 35.5. The molecule has 0 saturated heterocycles. The largest absolute Gasteiger partial charge is 0.493 e. The molecule has 0 spiro atoms. The molecule has 0 radical (unpaired) electrons. The molecule has 3 rings (SSSR count). The van der Waals surface area contributed by atoms with Gasteiger partial charge >= 0.3 is 5.97 Å². The molecule has 1 amide bonds. The number of hydrogen-bond donors (Lipinski definition) is 1. The third-order valence-electron chi connectivity index (χ3n) is 4.38. The molecule has 0 atom stereocenters. The molecular weight excluding hydrogens is 418 g/mol. The summed E-state index contributed by atoms with van der Waals surface area (Å²) in [6.45, 7) is 2.59. The summed E-state index contributed by atoms with van der Waals surface area (Å²) < 4.78 is 16.2. The van der Waals surface area contributed by atoms with E-state index in [1.54, 1.807) is 66.7 Å². The number of benzene rings is 3. The molecule has 0 aliphatic carbocycles. The van der Waals surface area contributed by atoms with E-state index < -0.39 is 5.97 Å². The molecule has 0 saturated carbocycles. The number of hydrogen-bond acceptors (Lipinski definition) is 5. The number of rotatable bonds is 8. The maximum absolute atomic E-state index is 12.7. The highest BCUT2D eigenvalue weighted by molar-refractivity contribution is 6.30. The van der Waals surface area contributed by atoms with Crippen molar-refractivity contribution in [3.8, 4) is 11.5 Å². The van der Waals surface area contributed by atoms with Crippen molar-refractivity contribution in [2.45, 2.75) is 13.5 Å². The second kappa shape index (κ2) is 10.5. The zero-order valence-corrected chi connectivity index (χ0v) is 17.9. The standard InChI is InChI=1S/C24H22ClNO5/c1-3-30-22-12-9-17(13-18(22)15-31-21-6-4-5-19(25)14-21)23(27)26-20-10-7-16(8-11-20)24(28)29-2/h4-14H,3,15H2,1-2H3,(H,26,27). The van der Waals surface area contributed by atoms with Gasteiger partial charge in [0, 0.05) is 21.8 Å². The van der Waals surface area contributed by atoms with E-state index >= 15 is 0 Å². The number of nitrogens with one attached hydrogen (secondary N) is 1. The van der Waals surface area contributed by atoms with Crippen LogP contribution in [0.15, 0.2) is 66.7 Å². The van der Waals surface area contributed by atoms with Crippen molar-refractivity contribution in [2.75, 3.05) is 19.0 Å². The topological polar surface area (TPSA) is 73.9 Å². The van der Waals surface area contributed by atoms with Crippen LogP contribution in [-0.2, 0) is 11.3 Å². The number of carbonyl (C=O) groups excluding carboxylic acids is 2. The molecule has 0 unspecified atom stereocenters. The first-order valence-corrected chi connectivity index (χ1v) is 10.0. The third kappa shape index (κ3) is 5.99. The Hall–Kier alpha value is -3.51. The number of ether oxygens (including phenoxy) is 3. The molecule has 6 nitrogen and oxygen atoms in total. The summed E-state index contributed by atoms with van der Waals surface area (Å²) in [5.74, 6) is 0.533. The molecule has 0 bridgehead atoms. The van der Waals surface area contributed by atoms with Crippen LogP contribution in [0, 0.1) is 0 Å². The molecule has 7 heteroatoms. The Kier molecular flexibility index (Phi) is 7.51. The highest BCUT2D eigenvalue weighted by Crippen LogP contribution is 2.24. The summed E-state index contributed by atoms with van der Waals surface area (Å²) in [7, 11) is 1.32. The van der Waals surface area contributed by atoms with Gasteiger partial charge in [-0.3, -0.25) is 4.79 Å². The predicted molar refractivity (Wildman–Crippen MR) is 119 cm³/mol. The van der Waals surface area contributed by atoms with Crippen molar-refractivity contribution in [1.82, 2.24) is 0 Å². The normalized spacial score (nSPS) is 10.3. The molecule has 0 heterocycles. The lowest BCUT2D eigenvalue weighted by atomic mass is 10.1. The van der Waals surface area contributed by atoms with E-state index in [4.69, 9.17) is 21.1 Å². The molecule has 0 aliphatic rings. The number of halogens is 1. The van der Waals surface area contributed by atoms with Gasteiger partial charge in [-0.05, 0) is 67.6 Å². The fraction of sp³-hybridized carbons (Fsp3) is 0.167. The quantitative estimate of drug-likeness (QED) is 0.478. The van der Waals surface area contributed by atoms with Gasteiger partial charge in [0.2, 0.25) is 0 Å². The summed E-state index contributed by atoms with van der Waals surface area (Å²) >= 11 is 6.00. The van der Waals surface area contributed by atoms with Crippen molar-refractivity contribution in [3.63, 3.8) is 0 Å². The van der Waals surface area contributed by atoms with E-state index in [9.17, 15) is 9.59 Å². The Balaban J connectivity index is 1.75. The second-order valence-corrected chi connectivity index (χ2v) is 6.96. The van der Waals surface area contributed by atoms with Crippen molar-refractivity contribution in [2.24, 2.45) is 0 Å². The van der Waals surface area contributed by atoms with Gasteiger partial charge in [0.15, 0.2) is 0 Å². The minimum atomic E-state index is -0.436. The summed E-state index contributed by atoms with van der Waals surface area (Å²) in [5, 5.41) is 3.39. The fourth-order valence-corrected chi connectivity index (χ4v) is 3.04. The lowest BCUT2D eigenvalue weighted by molar-refractivity contribution is 0.0600. The Morgan fingerprint density at radius 2 is 1.68 bits per heavy atom. The predicted octanol–water partition coefficient (Wildman–Crippen LogP) is 5.36. The van der Waals surface area contributed by atoms with Crippen molar-refractivity contribution in [3.05, 3.63) is 88.4 Å². The Labute approximate surface area is 185 Å². The van der Waals surface area contributed by atoms with Crippen molar-refractivity contribution in [1.29, 1.82) is 0 Å². The molecule has 3 aromatic carbocycles. The van der Waals surface area contributed by atoms with Crippen LogP contribution in [0.4, 0.5) is 5.69 Å². The second-order valence-electron chi connectivity index (χ2n) is 6.52. The molecule has 1 N–H and O–H groups in total. The van der Waals surface area contributed by atoms with E-state index in [2.05, 4.69) is 10.1 Å². The first kappa shape index (κ1) is 22.2. The lowest BCUT2D eigenvalue weighted by Crippen LogP contribution is -2.13. The van der Waals surface area contributed by atoms with Crippen LogP contribution in [-0.4, -0.2) is 25.6 Å². The maximum atomic E-state index is 12.7. The molecular formula is C24H22ClNO5. The number of esters is 1. The van der Waals surface area contributed by atoms with Crippen molar-refractivity contribution < 1.29 is 23.8 Å². The van der Waals surface area contributed by atoms with Crippen LogP contribution >= 0.6 is 11.6 Å². The van der Waals surface area contributed by atoms with E-state index in [1.807, 2.05) is 6.92 Å². The Morgan fingerprint density at radius 3 is 2.35 bits per heavy atom. The highest BCUT2D eigenvalue weighted by Gasteiger charge is 2.13. The first-order chi connectivity index (χ1) is 15.0. The van der Waals surface area contributed by atoms with Gasteiger partial charge in [0.05, 0.1) is 19.3 Å². The zero-order valence-electron chi connectivity index (χ0n) is 17.2. The van der Waals surface area contributed by atoms with Gasteiger partial charge in [-0.15, -0.1) is 0 Å². The number of methoxy groups -OCH3 is 1. The van der Waals surface area contributed by atoms with Gasteiger partial charge in [-0.2, -0.15) is 0 Å². The van der Waals surface area contributed by atoms with Gasteiger partial charge in [0.25, 0.3) is 5.91 Å². The smallest absolute Gasteiger partial charge is 0.337 e. The maximum Gasteiger partial charge on any atom is 0.337 e. The number of amides is 1. The van der Waals surface area contributed by atoms with Gasteiger partial charge in [0.1, 0.15) is 18.1 Å². The monoisotopic (exact) mass is 439 g/mol. The van der Waals surface area contributed by atoms with E-state index in [-0.39, 0.29) is 12.5 Å². The number of anilines is 1. The van der Waals surface area contributed by atoms with E-state index in [0.29, 0.717) is 39.9 Å². The average molecular weight is 440 g/mol. The molecule has 0 aromatic heterocycles. The minimum absolute atomic E-state index is 0.213. The van der Waals surface area contributed by atoms with Crippen LogP contribution in [0.1, 0.15) is 33.2 Å². The first-order valence-electron chi connectivity index (χ1n) is 9.64. The molecule has 0 fully saturated rings. The van der Waals surface area contributed by atoms with Gasteiger partial charge in [-0.1, -0.05) is 17.7 Å².